The topological polar surface area (TPSA) is 92.1 Å². The van der Waals surface area contributed by atoms with Gasteiger partial charge in [-0.15, -0.1) is 0 Å². The van der Waals surface area contributed by atoms with Crippen LogP contribution in [0.3, 0.4) is 0 Å². The van der Waals surface area contributed by atoms with E-state index in [2.05, 4.69) is 23.8 Å². The molecule has 6 nitrogen and oxygen atoms in total. The Bertz CT molecular complexity index is 839. The summed E-state index contributed by atoms with van der Waals surface area (Å²) in [6, 6.07) is 8.12. The molecule has 6 heteroatoms. The molecule has 1 aliphatic rings. The molecule has 1 aromatic carbocycles. The number of fused-ring (bicyclic) bond motifs is 1. The molecule has 0 spiro atoms. The first-order valence-electron chi connectivity index (χ1n) is 8.59. The highest BCUT2D eigenvalue weighted by molar-refractivity contribution is 5.84. The molecule has 0 saturated heterocycles. The number of nitrogen functional groups attached to an aromatic ring is 1. The zero-order valence-electron chi connectivity index (χ0n) is 14.9. The maximum Gasteiger partial charge on any atom is 0.255 e. The summed E-state index contributed by atoms with van der Waals surface area (Å²) in [7, 11) is 0. The van der Waals surface area contributed by atoms with Crippen molar-refractivity contribution in [1.82, 2.24) is 14.9 Å². The van der Waals surface area contributed by atoms with Crippen LogP contribution in [0.15, 0.2) is 29.1 Å². The third kappa shape index (κ3) is 3.43. The summed E-state index contributed by atoms with van der Waals surface area (Å²) in [5.74, 6) is 0.137. The van der Waals surface area contributed by atoms with Crippen LogP contribution in [0.25, 0.3) is 0 Å². The summed E-state index contributed by atoms with van der Waals surface area (Å²) < 4.78 is 0. The number of benzene rings is 1. The Morgan fingerprint density at radius 2 is 1.96 bits per heavy atom. The Balaban J connectivity index is 1.88. The SMILES string of the molecule is Cc1ccc(C(C(=O)N2CCc3c(nc(N)[nH]c3=O)C2)C(C)C)cc1. The van der Waals surface area contributed by atoms with Gasteiger partial charge >= 0.3 is 0 Å². The molecule has 3 N–H and O–H groups in total. The summed E-state index contributed by atoms with van der Waals surface area (Å²) in [6.07, 6.45) is 0.502. The molecule has 2 aromatic rings. The van der Waals surface area contributed by atoms with Crippen LogP contribution in [-0.2, 0) is 17.8 Å². The van der Waals surface area contributed by atoms with Crippen LogP contribution < -0.4 is 11.3 Å². The smallest absolute Gasteiger partial charge is 0.255 e. The van der Waals surface area contributed by atoms with Gasteiger partial charge in [0.15, 0.2) is 0 Å². The fourth-order valence-corrected chi connectivity index (χ4v) is 3.43. The highest BCUT2D eigenvalue weighted by atomic mass is 16.2. The second kappa shape index (κ2) is 6.70. The summed E-state index contributed by atoms with van der Waals surface area (Å²) in [4.78, 5) is 33.7. The van der Waals surface area contributed by atoms with Crippen LogP contribution in [0.5, 0.6) is 0 Å². The number of nitrogens with zero attached hydrogens (tertiary/aromatic N) is 2. The molecule has 1 aliphatic heterocycles. The number of hydrogen-bond donors (Lipinski definition) is 2. The predicted octanol–water partition coefficient (Wildman–Crippen LogP) is 1.99. The Labute approximate surface area is 147 Å². The lowest BCUT2D eigenvalue weighted by molar-refractivity contribution is -0.134. The molecule has 1 amide bonds. The van der Waals surface area contributed by atoms with Crippen molar-refractivity contribution in [3.05, 3.63) is 57.0 Å². The molecule has 132 valence electrons. The average molecular weight is 340 g/mol. The lowest BCUT2D eigenvalue weighted by Gasteiger charge is -2.32. The number of nitrogens with one attached hydrogen (secondary N) is 1. The molecule has 0 aliphatic carbocycles. The number of anilines is 1. The maximum atomic E-state index is 13.2. The van der Waals surface area contributed by atoms with Crippen LogP contribution in [0.1, 0.15) is 42.1 Å². The van der Waals surface area contributed by atoms with Gasteiger partial charge in [0, 0.05) is 12.1 Å². The highest BCUT2D eigenvalue weighted by Gasteiger charge is 2.31. The van der Waals surface area contributed by atoms with Crippen LogP contribution in [0.2, 0.25) is 0 Å². The second-order valence-corrected chi connectivity index (χ2v) is 7.02. The van der Waals surface area contributed by atoms with Gasteiger partial charge in [-0.2, -0.15) is 0 Å². The lowest BCUT2D eigenvalue weighted by atomic mass is 9.86. The Morgan fingerprint density at radius 3 is 2.60 bits per heavy atom. The molecule has 0 fully saturated rings. The minimum atomic E-state index is -0.207. The molecular formula is C19H24N4O2. The monoisotopic (exact) mass is 340 g/mol. The largest absolute Gasteiger partial charge is 0.369 e. The van der Waals surface area contributed by atoms with Crippen molar-refractivity contribution in [2.75, 3.05) is 12.3 Å². The molecule has 25 heavy (non-hydrogen) atoms. The van der Waals surface area contributed by atoms with E-state index in [9.17, 15) is 9.59 Å². The van der Waals surface area contributed by atoms with Crippen molar-refractivity contribution in [2.24, 2.45) is 5.92 Å². The van der Waals surface area contributed by atoms with Gasteiger partial charge in [0.2, 0.25) is 11.9 Å². The number of aryl methyl sites for hydroxylation is 1. The van der Waals surface area contributed by atoms with E-state index in [-0.39, 0.29) is 29.3 Å². The third-order valence-electron chi connectivity index (χ3n) is 4.77. The van der Waals surface area contributed by atoms with Crippen molar-refractivity contribution < 1.29 is 4.79 Å². The molecule has 0 bridgehead atoms. The van der Waals surface area contributed by atoms with E-state index in [1.54, 1.807) is 4.90 Å². The number of amides is 1. The number of H-pyrrole nitrogens is 1. The first-order valence-corrected chi connectivity index (χ1v) is 8.59. The van der Waals surface area contributed by atoms with Gasteiger partial charge in [0.05, 0.1) is 18.2 Å². The molecular weight excluding hydrogens is 316 g/mol. The van der Waals surface area contributed by atoms with Crippen molar-refractivity contribution in [3.63, 3.8) is 0 Å². The number of aromatic amines is 1. The molecule has 0 radical (unpaired) electrons. The average Bonchev–Trinajstić information content (AvgIpc) is 2.55. The molecule has 1 atom stereocenters. The van der Waals surface area contributed by atoms with E-state index in [0.29, 0.717) is 30.8 Å². The van der Waals surface area contributed by atoms with Gasteiger partial charge in [-0.25, -0.2) is 4.98 Å². The van der Waals surface area contributed by atoms with Crippen molar-refractivity contribution >= 4 is 11.9 Å². The predicted molar refractivity (Wildman–Crippen MR) is 97.1 cm³/mol. The van der Waals surface area contributed by atoms with Crippen molar-refractivity contribution in [2.45, 2.75) is 39.7 Å². The summed E-state index contributed by atoms with van der Waals surface area (Å²) in [5.41, 5.74) is 8.88. The van der Waals surface area contributed by atoms with Crippen molar-refractivity contribution in [3.8, 4) is 0 Å². The maximum absolute atomic E-state index is 13.2. The van der Waals surface area contributed by atoms with E-state index < -0.39 is 0 Å². The normalized spacial score (nSPS) is 15.1. The molecule has 3 rings (SSSR count). The second-order valence-electron chi connectivity index (χ2n) is 7.02. The third-order valence-corrected chi connectivity index (χ3v) is 4.77. The van der Waals surface area contributed by atoms with E-state index in [1.165, 1.54) is 5.56 Å². The standard InChI is InChI=1S/C19H24N4O2/c1-11(2)16(13-6-4-12(3)5-7-13)18(25)23-9-8-14-15(10-23)21-19(20)22-17(14)24/h4-7,11,16H,8-10H2,1-3H3,(H3,20,21,22,24). The van der Waals surface area contributed by atoms with Gasteiger partial charge < -0.3 is 10.6 Å². The minimum Gasteiger partial charge on any atom is -0.369 e. The minimum absolute atomic E-state index is 0.0742. The van der Waals surface area contributed by atoms with Crippen molar-refractivity contribution in [1.29, 1.82) is 0 Å². The van der Waals surface area contributed by atoms with Crippen LogP contribution >= 0.6 is 0 Å². The fraction of sp³-hybridized carbons (Fsp3) is 0.421. The quantitative estimate of drug-likeness (QED) is 0.894. The van der Waals surface area contributed by atoms with Gasteiger partial charge in [0.1, 0.15) is 0 Å². The Morgan fingerprint density at radius 1 is 1.28 bits per heavy atom. The molecule has 1 unspecified atom stereocenters. The fourth-order valence-electron chi connectivity index (χ4n) is 3.43. The lowest BCUT2D eigenvalue weighted by Crippen LogP contribution is -2.42. The van der Waals surface area contributed by atoms with Gasteiger partial charge in [-0.3, -0.25) is 14.6 Å². The summed E-state index contributed by atoms with van der Waals surface area (Å²) in [6.45, 7) is 7.00. The molecule has 1 aromatic heterocycles. The van der Waals surface area contributed by atoms with E-state index in [1.807, 2.05) is 31.2 Å². The van der Waals surface area contributed by atoms with Crippen LogP contribution in [0, 0.1) is 12.8 Å². The number of aromatic nitrogens is 2. The summed E-state index contributed by atoms with van der Waals surface area (Å²) in [5, 5.41) is 0. The molecule has 2 heterocycles. The zero-order chi connectivity index (χ0) is 18.1. The zero-order valence-corrected chi connectivity index (χ0v) is 14.9. The Kier molecular flexibility index (Phi) is 4.61. The number of nitrogens with two attached hydrogens (primary N) is 1. The first kappa shape index (κ1) is 17.2. The van der Waals surface area contributed by atoms with Crippen LogP contribution in [0.4, 0.5) is 5.95 Å². The Hall–Kier alpha value is -2.63. The van der Waals surface area contributed by atoms with Gasteiger partial charge in [0.25, 0.3) is 5.56 Å². The van der Waals surface area contributed by atoms with E-state index >= 15 is 0 Å². The summed E-state index contributed by atoms with van der Waals surface area (Å²) >= 11 is 0. The van der Waals surface area contributed by atoms with E-state index in [4.69, 9.17) is 5.73 Å². The van der Waals surface area contributed by atoms with Gasteiger partial charge in [-0.1, -0.05) is 43.7 Å². The van der Waals surface area contributed by atoms with E-state index in [0.717, 1.165) is 5.56 Å². The number of carbonyl (C=O) groups excluding carboxylic acids is 1. The number of carbonyl (C=O) groups is 1. The number of hydrogen-bond acceptors (Lipinski definition) is 4. The highest BCUT2D eigenvalue weighted by Crippen LogP contribution is 2.29. The number of rotatable bonds is 3. The van der Waals surface area contributed by atoms with Crippen LogP contribution in [-0.4, -0.2) is 27.3 Å². The van der Waals surface area contributed by atoms with Gasteiger partial charge in [-0.05, 0) is 24.8 Å². The first-order chi connectivity index (χ1) is 11.9. The molecule has 0 saturated carbocycles.